The monoisotopic (exact) mass is 264 g/mol. The van der Waals surface area contributed by atoms with Gasteiger partial charge in [0.15, 0.2) is 0 Å². The van der Waals surface area contributed by atoms with Crippen molar-refractivity contribution < 1.29 is 4.52 Å². The number of anilines is 2. The first kappa shape index (κ1) is 11.3. The summed E-state index contributed by atoms with van der Waals surface area (Å²) in [5.74, 6) is 1.07. The molecule has 0 unspecified atom stereocenters. The molecule has 2 heterocycles. The predicted octanol–water partition coefficient (Wildman–Crippen LogP) is 2.57. The Labute approximate surface area is 110 Å². The fraction of sp³-hybridized carbons (Fsp3) is 0.333. The van der Waals surface area contributed by atoms with Crippen molar-refractivity contribution in [3.8, 4) is 11.5 Å². The Morgan fingerprint density at radius 3 is 2.78 bits per heavy atom. The quantitative estimate of drug-likeness (QED) is 0.845. The Morgan fingerprint density at radius 1 is 1.28 bits per heavy atom. The van der Waals surface area contributed by atoms with Crippen LogP contribution in [0.3, 0.4) is 0 Å². The number of rotatable bonds is 2. The van der Waals surface area contributed by atoms with Crippen LogP contribution in [0.1, 0.15) is 12.8 Å². The van der Waals surface area contributed by atoms with Crippen molar-refractivity contribution in [2.75, 3.05) is 23.7 Å². The molecule has 0 aliphatic carbocycles. The minimum Gasteiger partial charge on any atom is -0.399 e. The Morgan fingerprint density at radius 2 is 2.06 bits per heavy atom. The van der Waals surface area contributed by atoms with E-state index in [-0.39, 0.29) is 0 Å². The average molecular weight is 265 g/mol. The molecule has 0 spiro atoms. The fourth-order valence-corrected chi connectivity index (χ4v) is 2.35. The summed E-state index contributed by atoms with van der Waals surface area (Å²) in [6.07, 6.45) is 2.35. The lowest BCUT2D eigenvalue weighted by Crippen LogP contribution is -2.18. The maximum Gasteiger partial charge on any atom is 0.266 e. The molecule has 1 aromatic heterocycles. The normalized spacial score (nSPS) is 15.3. The highest BCUT2D eigenvalue weighted by molar-refractivity contribution is 6.33. The van der Waals surface area contributed by atoms with Gasteiger partial charge in [-0.1, -0.05) is 11.6 Å². The molecule has 1 saturated heterocycles. The van der Waals surface area contributed by atoms with E-state index in [9.17, 15) is 0 Å². The molecule has 6 heteroatoms. The lowest BCUT2D eigenvalue weighted by molar-refractivity contribution is 0.430. The summed E-state index contributed by atoms with van der Waals surface area (Å²) >= 11 is 6.11. The molecule has 0 amide bonds. The number of hydrogen-bond acceptors (Lipinski definition) is 5. The van der Waals surface area contributed by atoms with E-state index in [4.69, 9.17) is 21.9 Å². The summed E-state index contributed by atoms with van der Waals surface area (Å²) in [4.78, 5) is 6.49. The van der Waals surface area contributed by atoms with Gasteiger partial charge in [-0.15, -0.1) is 0 Å². The lowest BCUT2D eigenvalue weighted by Gasteiger charge is -2.09. The van der Waals surface area contributed by atoms with Crippen LogP contribution in [-0.2, 0) is 0 Å². The van der Waals surface area contributed by atoms with Gasteiger partial charge in [-0.05, 0) is 36.2 Å². The largest absolute Gasteiger partial charge is 0.399 e. The van der Waals surface area contributed by atoms with Crippen molar-refractivity contribution >= 4 is 23.2 Å². The smallest absolute Gasteiger partial charge is 0.266 e. The Bertz CT molecular complexity index is 563. The van der Waals surface area contributed by atoms with Crippen molar-refractivity contribution in [1.29, 1.82) is 0 Å². The Kier molecular flexibility index (Phi) is 2.83. The number of nitrogen functional groups attached to an aromatic ring is 1. The van der Waals surface area contributed by atoms with Gasteiger partial charge in [0.05, 0.1) is 10.6 Å². The highest BCUT2D eigenvalue weighted by Gasteiger charge is 2.19. The van der Waals surface area contributed by atoms with Gasteiger partial charge in [-0.2, -0.15) is 4.98 Å². The molecule has 1 aromatic carbocycles. The van der Waals surface area contributed by atoms with Crippen molar-refractivity contribution in [2.24, 2.45) is 0 Å². The van der Waals surface area contributed by atoms with Crippen molar-refractivity contribution in [2.45, 2.75) is 12.8 Å². The molecule has 2 aromatic rings. The number of benzene rings is 1. The van der Waals surface area contributed by atoms with Crippen LogP contribution in [0.25, 0.3) is 11.5 Å². The van der Waals surface area contributed by atoms with E-state index in [2.05, 4.69) is 15.0 Å². The van der Waals surface area contributed by atoms with E-state index in [1.165, 1.54) is 12.8 Å². The highest BCUT2D eigenvalue weighted by atomic mass is 35.5. The van der Waals surface area contributed by atoms with Crippen LogP contribution >= 0.6 is 11.6 Å². The van der Waals surface area contributed by atoms with Crippen LogP contribution in [-0.4, -0.2) is 23.2 Å². The number of nitrogens with zero attached hydrogens (tertiary/aromatic N) is 3. The molecule has 0 saturated carbocycles. The minimum absolute atomic E-state index is 0.432. The van der Waals surface area contributed by atoms with Crippen molar-refractivity contribution in [1.82, 2.24) is 10.1 Å². The molecule has 0 atom stereocenters. The van der Waals surface area contributed by atoms with E-state index < -0.39 is 0 Å². The maximum atomic E-state index is 6.11. The van der Waals surface area contributed by atoms with Gasteiger partial charge in [-0.3, -0.25) is 0 Å². The van der Waals surface area contributed by atoms with E-state index in [1.807, 2.05) is 0 Å². The molecule has 0 bridgehead atoms. The third-order valence-corrected chi connectivity index (χ3v) is 3.34. The second kappa shape index (κ2) is 4.49. The molecule has 5 nitrogen and oxygen atoms in total. The minimum atomic E-state index is 0.432. The molecule has 3 rings (SSSR count). The van der Waals surface area contributed by atoms with Crippen LogP contribution in [0, 0.1) is 0 Å². The average Bonchev–Trinajstić information content (AvgIpc) is 2.99. The summed E-state index contributed by atoms with van der Waals surface area (Å²) in [6, 6.07) is 5.23. The molecule has 1 aliphatic rings. The molecule has 2 N–H and O–H groups in total. The first-order valence-electron chi connectivity index (χ1n) is 5.88. The summed E-state index contributed by atoms with van der Waals surface area (Å²) in [6.45, 7) is 1.96. The van der Waals surface area contributed by atoms with Crippen molar-refractivity contribution in [3.05, 3.63) is 23.2 Å². The summed E-state index contributed by atoms with van der Waals surface area (Å²) in [5, 5.41) is 4.51. The first-order valence-corrected chi connectivity index (χ1v) is 6.26. The Balaban J connectivity index is 1.92. The molecule has 0 radical (unpaired) electrons. The molecule has 18 heavy (non-hydrogen) atoms. The topological polar surface area (TPSA) is 68.2 Å². The molecule has 1 fully saturated rings. The summed E-state index contributed by atoms with van der Waals surface area (Å²) < 4.78 is 5.26. The summed E-state index contributed by atoms with van der Waals surface area (Å²) in [5.41, 5.74) is 6.98. The standard InChI is InChI=1S/C12H13ClN4O/c13-10-7-8(14)3-4-9(10)11-15-12(16-18-11)17-5-1-2-6-17/h3-4,7H,1-2,5-6,14H2. The summed E-state index contributed by atoms with van der Waals surface area (Å²) in [7, 11) is 0. The van der Waals surface area contributed by atoms with Gasteiger partial charge in [0.2, 0.25) is 0 Å². The van der Waals surface area contributed by atoms with Gasteiger partial charge in [-0.25, -0.2) is 0 Å². The van der Waals surface area contributed by atoms with Crippen LogP contribution < -0.4 is 10.6 Å². The fourth-order valence-electron chi connectivity index (χ4n) is 2.08. The van der Waals surface area contributed by atoms with Gasteiger partial charge in [0.1, 0.15) is 0 Å². The van der Waals surface area contributed by atoms with E-state index >= 15 is 0 Å². The van der Waals surface area contributed by atoms with E-state index in [1.54, 1.807) is 18.2 Å². The van der Waals surface area contributed by atoms with Gasteiger partial charge >= 0.3 is 0 Å². The Hall–Kier alpha value is -1.75. The molecular weight excluding hydrogens is 252 g/mol. The third-order valence-electron chi connectivity index (χ3n) is 3.03. The third kappa shape index (κ3) is 2.01. The molecule has 94 valence electrons. The zero-order valence-corrected chi connectivity index (χ0v) is 10.5. The second-order valence-electron chi connectivity index (χ2n) is 4.33. The molecule has 1 aliphatic heterocycles. The highest BCUT2D eigenvalue weighted by Crippen LogP contribution is 2.29. The predicted molar refractivity (Wildman–Crippen MR) is 70.6 cm³/mol. The molecular formula is C12H13ClN4O. The van der Waals surface area contributed by atoms with Crippen LogP contribution in [0.15, 0.2) is 22.7 Å². The first-order chi connectivity index (χ1) is 8.74. The number of aromatic nitrogens is 2. The van der Waals surface area contributed by atoms with Gasteiger partial charge in [0, 0.05) is 18.8 Å². The van der Waals surface area contributed by atoms with E-state index in [0.717, 1.165) is 13.1 Å². The second-order valence-corrected chi connectivity index (χ2v) is 4.74. The van der Waals surface area contributed by atoms with Gasteiger partial charge in [0.25, 0.3) is 11.8 Å². The SMILES string of the molecule is Nc1ccc(-c2nc(N3CCCC3)no2)c(Cl)c1. The van der Waals surface area contributed by atoms with Crippen molar-refractivity contribution in [3.63, 3.8) is 0 Å². The maximum absolute atomic E-state index is 6.11. The number of nitrogens with two attached hydrogens (primary N) is 1. The number of hydrogen-bond donors (Lipinski definition) is 1. The lowest BCUT2D eigenvalue weighted by atomic mass is 10.2. The van der Waals surface area contributed by atoms with Crippen LogP contribution in [0.2, 0.25) is 5.02 Å². The number of halogens is 1. The van der Waals surface area contributed by atoms with E-state index in [0.29, 0.717) is 28.1 Å². The van der Waals surface area contributed by atoms with Crippen LogP contribution in [0.5, 0.6) is 0 Å². The zero-order chi connectivity index (χ0) is 12.5. The van der Waals surface area contributed by atoms with Crippen LogP contribution in [0.4, 0.5) is 11.6 Å². The van der Waals surface area contributed by atoms with Gasteiger partial charge < -0.3 is 15.2 Å². The zero-order valence-electron chi connectivity index (χ0n) is 9.77.